The summed E-state index contributed by atoms with van der Waals surface area (Å²) in [6, 6.07) is 13.3. The van der Waals surface area contributed by atoms with Gasteiger partial charge in [0.05, 0.1) is 17.1 Å². The lowest BCUT2D eigenvalue weighted by Gasteiger charge is -2.07. The summed E-state index contributed by atoms with van der Waals surface area (Å²) in [7, 11) is 0. The summed E-state index contributed by atoms with van der Waals surface area (Å²) in [6.45, 7) is 0.614. The maximum Gasteiger partial charge on any atom is 0.201 e. The largest absolute Gasteiger partial charge is 0.369 e. The van der Waals surface area contributed by atoms with Gasteiger partial charge in [-0.15, -0.1) is 0 Å². The van der Waals surface area contributed by atoms with E-state index in [9.17, 15) is 0 Å². The van der Waals surface area contributed by atoms with Gasteiger partial charge >= 0.3 is 0 Å². The molecule has 0 spiro atoms. The number of para-hydroxylation sites is 1. The van der Waals surface area contributed by atoms with Crippen LogP contribution in [-0.2, 0) is 6.54 Å². The second-order valence-corrected chi connectivity index (χ2v) is 5.14. The van der Waals surface area contributed by atoms with Gasteiger partial charge in [-0.2, -0.15) is 0 Å². The van der Waals surface area contributed by atoms with Gasteiger partial charge in [0, 0.05) is 5.02 Å². The lowest BCUT2D eigenvalue weighted by Crippen LogP contribution is -2.04. The van der Waals surface area contributed by atoms with Gasteiger partial charge in [-0.3, -0.25) is 0 Å². The van der Waals surface area contributed by atoms with Gasteiger partial charge in [0.15, 0.2) is 0 Å². The summed E-state index contributed by atoms with van der Waals surface area (Å²) in [5.41, 5.74) is 8.68. The Morgan fingerprint density at radius 3 is 2.68 bits per heavy atom. The number of halogens is 2. The Bertz CT molecular complexity index is 750. The van der Waals surface area contributed by atoms with E-state index in [0.29, 0.717) is 22.5 Å². The van der Waals surface area contributed by atoms with E-state index in [0.717, 1.165) is 16.6 Å². The highest BCUT2D eigenvalue weighted by Crippen LogP contribution is 2.26. The van der Waals surface area contributed by atoms with Crippen LogP contribution in [0.5, 0.6) is 0 Å². The number of nitrogens with zero attached hydrogens (tertiary/aromatic N) is 2. The molecule has 0 aliphatic heterocycles. The highest BCUT2D eigenvalue weighted by molar-refractivity contribution is 6.35. The van der Waals surface area contributed by atoms with Crippen LogP contribution in [0.1, 0.15) is 5.56 Å². The Labute approximate surface area is 120 Å². The van der Waals surface area contributed by atoms with E-state index in [1.54, 1.807) is 6.07 Å². The molecule has 96 valence electrons. The number of rotatable bonds is 2. The minimum Gasteiger partial charge on any atom is -0.369 e. The van der Waals surface area contributed by atoms with Crippen molar-refractivity contribution >= 4 is 40.2 Å². The molecule has 1 heterocycles. The topological polar surface area (TPSA) is 43.8 Å². The molecule has 0 aliphatic carbocycles. The zero-order valence-electron chi connectivity index (χ0n) is 9.98. The zero-order valence-corrected chi connectivity index (χ0v) is 11.5. The third-order valence-corrected chi connectivity index (χ3v) is 3.53. The highest BCUT2D eigenvalue weighted by Gasteiger charge is 2.10. The molecule has 3 rings (SSSR count). The number of aromatic nitrogens is 2. The Morgan fingerprint density at radius 1 is 1.11 bits per heavy atom. The summed E-state index contributed by atoms with van der Waals surface area (Å²) < 4.78 is 1.92. The Morgan fingerprint density at radius 2 is 1.89 bits per heavy atom. The minimum atomic E-state index is 0.447. The van der Waals surface area contributed by atoms with Crippen LogP contribution in [0.3, 0.4) is 0 Å². The van der Waals surface area contributed by atoms with Crippen molar-refractivity contribution in [1.82, 2.24) is 9.55 Å². The van der Waals surface area contributed by atoms with Crippen LogP contribution in [0, 0.1) is 0 Å². The number of nitrogens with two attached hydrogens (primary N) is 1. The average molecular weight is 292 g/mol. The first-order valence-corrected chi connectivity index (χ1v) is 6.55. The fraction of sp³-hybridized carbons (Fsp3) is 0.0714. The molecule has 3 nitrogen and oxygen atoms in total. The highest BCUT2D eigenvalue weighted by atomic mass is 35.5. The van der Waals surface area contributed by atoms with E-state index in [2.05, 4.69) is 4.98 Å². The number of fused-ring (bicyclic) bond motifs is 1. The third kappa shape index (κ3) is 2.27. The van der Waals surface area contributed by atoms with Crippen LogP contribution in [0.4, 0.5) is 5.95 Å². The monoisotopic (exact) mass is 291 g/mol. The number of nitrogen functional groups attached to an aromatic ring is 1. The summed E-state index contributed by atoms with van der Waals surface area (Å²) in [5, 5.41) is 1.31. The summed E-state index contributed by atoms with van der Waals surface area (Å²) >= 11 is 12.1. The maximum atomic E-state index is 6.12. The van der Waals surface area contributed by atoms with E-state index in [1.807, 2.05) is 41.0 Å². The molecule has 2 aromatic carbocycles. The molecular formula is C14H11Cl2N3. The second kappa shape index (κ2) is 4.76. The van der Waals surface area contributed by atoms with Crippen molar-refractivity contribution in [1.29, 1.82) is 0 Å². The van der Waals surface area contributed by atoms with Gasteiger partial charge < -0.3 is 10.3 Å². The number of hydrogen-bond donors (Lipinski definition) is 1. The predicted octanol–water partition coefficient (Wildman–Crippen LogP) is 3.97. The minimum absolute atomic E-state index is 0.447. The van der Waals surface area contributed by atoms with Crippen molar-refractivity contribution < 1.29 is 0 Å². The molecule has 0 saturated heterocycles. The lowest BCUT2D eigenvalue weighted by atomic mass is 10.2. The molecule has 0 unspecified atom stereocenters. The van der Waals surface area contributed by atoms with Crippen LogP contribution in [-0.4, -0.2) is 9.55 Å². The number of benzene rings is 2. The van der Waals surface area contributed by atoms with Crippen molar-refractivity contribution in [3.63, 3.8) is 0 Å². The average Bonchev–Trinajstić information content (AvgIpc) is 2.69. The predicted molar refractivity (Wildman–Crippen MR) is 79.7 cm³/mol. The first-order valence-electron chi connectivity index (χ1n) is 5.80. The molecular weight excluding hydrogens is 281 g/mol. The van der Waals surface area contributed by atoms with Gasteiger partial charge in [0.25, 0.3) is 0 Å². The normalized spacial score (nSPS) is 11.1. The quantitative estimate of drug-likeness (QED) is 0.776. The molecule has 0 saturated carbocycles. The van der Waals surface area contributed by atoms with Crippen LogP contribution in [0.15, 0.2) is 42.5 Å². The summed E-state index contributed by atoms with van der Waals surface area (Å²) in [4.78, 5) is 4.31. The molecule has 0 radical (unpaired) electrons. The van der Waals surface area contributed by atoms with Crippen molar-refractivity contribution in [2.24, 2.45) is 0 Å². The third-order valence-electron chi connectivity index (χ3n) is 2.99. The standard InChI is InChI=1S/C14H11Cl2N3/c15-10-4-1-3-9(7-10)8-19-12-6-2-5-11(16)13(12)18-14(19)17/h1-7H,8H2,(H2,17,18). The second-order valence-electron chi connectivity index (χ2n) is 4.29. The smallest absolute Gasteiger partial charge is 0.201 e. The van der Waals surface area contributed by atoms with E-state index >= 15 is 0 Å². The molecule has 19 heavy (non-hydrogen) atoms. The fourth-order valence-electron chi connectivity index (χ4n) is 2.11. The van der Waals surface area contributed by atoms with Crippen LogP contribution in [0.25, 0.3) is 11.0 Å². The summed E-state index contributed by atoms with van der Waals surface area (Å²) in [5.74, 6) is 0.447. The van der Waals surface area contributed by atoms with E-state index < -0.39 is 0 Å². The van der Waals surface area contributed by atoms with Gasteiger partial charge in [-0.25, -0.2) is 4.98 Å². The molecule has 0 fully saturated rings. The van der Waals surface area contributed by atoms with Crippen molar-refractivity contribution in [3.05, 3.63) is 58.1 Å². The van der Waals surface area contributed by atoms with Crippen LogP contribution >= 0.6 is 23.2 Å². The fourth-order valence-corrected chi connectivity index (χ4v) is 2.54. The van der Waals surface area contributed by atoms with Crippen molar-refractivity contribution in [2.75, 3.05) is 5.73 Å². The van der Waals surface area contributed by atoms with Gasteiger partial charge in [0.1, 0.15) is 5.52 Å². The first kappa shape index (κ1) is 12.3. The summed E-state index contributed by atoms with van der Waals surface area (Å²) in [6.07, 6.45) is 0. The molecule has 0 amide bonds. The van der Waals surface area contributed by atoms with Gasteiger partial charge in [-0.05, 0) is 29.8 Å². The Balaban J connectivity index is 2.10. The molecule has 1 aromatic heterocycles. The van der Waals surface area contributed by atoms with Gasteiger partial charge in [-0.1, -0.05) is 41.4 Å². The van der Waals surface area contributed by atoms with Crippen molar-refractivity contribution in [2.45, 2.75) is 6.54 Å². The molecule has 0 aliphatic rings. The molecule has 5 heteroatoms. The van der Waals surface area contributed by atoms with Crippen molar-refractivity contribution in [3.8, 4) is 0 Å². The van der Waals surface area contributed by atoms with Crippen LogP contribution in [0.2, 0.25) is 10.0 Å². The number of hydrogen-bond acceptors (Lipinski definition) is 2. The van der Waals surface area contributed by atoms with E-state index in [-0.39, 0.29) is 0 Å². The Hall–Kier alpha value is -1.71. The molecule has 3 aromatic rings. The number of anilines is 1. The van der Waals surface area contributed by atoms with Crippen LogP contribution < -0.4 is 5.73 Å². The van der Waals surface area contributed by atoms with E-state index in [4.69, 9.17) is 28.9 Å². The lowest BCUT2D eigenvalue weighted by molar-refractivity contribution is 0.838. The SMILES string of the molecule is Nc1nc2c(Cl)cccc2n1Cc1cccc(Cl)c1. The molecule has 0 bridgehead atoms. The maximum absolute atomic E-state index is 6.12. The zero-order chi connectivity index (χ0) is 13.4. The van der Waals surface area contributed by atoms with Gasteiger partial charge in [0.2, 0.25) is 5.95 Å². The molecule has 2 N–H and O–H groups in total. The molecule has 0 atom stereocenters. The number of imidazole rings is 1. The van der Waals surface area contributed by atoms with E-state index in [1.165, 1.54) is 0 Å². The Kier molecular flexibility index (Phi) is 3.09. The first-order chi connectivity index (χ1) is 9.15.